The highest BCUT2D eigenvalue weighted by Crippen LogP contribution is 2.05. The summed E-state index contributed by atoms with van der Waals surface area (Å²) in [5, 5.41) is -0.526. The highest BCUT2D eigenvalue weighted by Gasteiger charge is 2.24. The lowest BCUT2D eigenvalue weighted by molar-refractivity contribution is -0.143. The first-order valence-electron chi connectivity index (χ1n) is 4.43. The van der Waals surface area contributed by atoms with Gasteiger partial charge in [-0.25, -0.2) is 8.42 Å². The smallest absolute Gasteiger partial charge is 0.321 e. The summed E-state index contributed by atoms with van der Waals surface area (Å²) in [6.45, 7) is 4.84. The zero-order valence-corrected chi connectivity index (χ0v) is 9.80. The molecule has 6 heteroatoms. The van der Waals surface area contributed by atoms with Gasteiger partial charge in [0.25, 0.3) is 0 Å². The molecule has 0 bridgehead atoms. The molecule has 0 fully saturated rings. The van der Waals surface area contributed by atoms with Gasteiger partial charge in [0.15, 0.2) is 0 Å². The molecule has 14 heavy (non-hydrogen) atoms. The third-order valence-corrected chi connectivity index (χ3v) is 3.88. The molecule has 0 aromatic rings. The fourth-order valence-electron chi connectivity index (χ4n) is 0.838. The highest BCUT2D eigenvalue weighted by atomic mass is 32.2. The summed E-state index contributed by atoms with van der Waals surface area (Å²) in [6.07, 6.45) is 0. The summed E-state index contributed by atoms with van der Waals surface area (Å²) < 4.78 is 28.6. The standard InChI is InChI=1S/C8H17NO4S/c1-5-13-8(10)6-9(4)14(11,12)7(2)3/h7H,5-6H2,1-4H3. The molecular weight excluding hydrogens is 206 g/mol. The van der Waals surface area contributed by atoms with Crippen LogP contribution in [-0.2, 0) is 19.6 Å². The molecule has 0 spiro atoms. The zero-order valence-electron chi connectivity index (χ0n) is 8.98. The normalized spacial score (nSPS) is 12.1. The van der Waals surface area contributed by atoms with E-state index in [1.54, 1.807) is 20.8 Å². The van der Waals surface area contributed by atoms with Crippen molar-refractivity contribution in [3.63, 3.8) is 0 Å². The van der Waals surface area contributed by atoms with Crippen LogP contribution < -0.4 is 0 Å². The Kier molecular flexibility index (Phi) is 5.07. The number of nitrogens with zero attached hydrogens (tertiary/aromatic N) is 1. The van der Waals surface area contributed by atoms with E-state index in [2.05, 4.69) is 4.74 Å². The lowest BCUT2D eigenvalue weighted by Gasteiger charge is -2.18. The van der Waals surface area contributed by atoms with Crippen molar-refractivity contribution in [2.75, 3.05) is 20.2 Å². The third kappa shape index (κ3) is 3.63. The number of hydrogen-bond acceptors (Lipinski definition) is 4. The molecule has 0 N–H and O–H groups in total. The molecule has 0 aromatic heterocycles. The largest absolute Gasteiger partial charge is 0.465 e. The van der Waals surface area contributed by atoms with Gasteiger partial charge in [-0.05, 0) is 20.8 Å². The van der Waals surface area contributed by atoms with Crippen molar-refractivity contribution >= 4 is 16.0 Å². The predicted octanol–water partition coefficient (Wildman–Crippen LogP) is 0.220. The van der Waals surface area contributed by atoms with Gasteiger partial charge in [-0.2, -0.15) is 4.31 Å². The van der Waals surface area contributed by atoms with Crippen LogP contribution in [0.25, 0.3) is 0 Å². The number of hydrogen-bond donors (Lipinski definition) is 0. The van der Waals surface area contributed by atoms with Gasteiger partial charge in [0.2, 0.25) is 10.0 Å². The third-order valence-electron chi connectivity index (χ3n) is 1.69. The molecule has 0 aliphatic heterocycles. The molecule has 0 amide bonds. The molecule has 0 atom stereocenters. The van der Waals surface area contributed by atoms with E-state index in [1.165, 1.54) is 7.05 Å². The average Bonchev–Trinajstić information content (AvgIpc) is 2.03. The van der Waals surface area contributed by atoms with Crippen LogP contribution in [0.4, 0.5) is 0 Å². The highest BCUT2D eigenvalue weighted by molar-refractivity contribution is 7.89. The van der Waals surface area contributed by atoms with Crippen LogP contribution in [0.3, 0.4) is 0 Å². The number of carbonyl (C=O) groups is 1. The summed E-state index contributed by atoms with van der Waals surface area (Å²) >= 11 is 0. The van der Waals surface area contributed by atoms with Crippen LogP contribution >= 0.6 is 0 Å². The molecule has 0 saturated heterocycles. The van der Waals surface area contributed by atoms with E-state index in [-0.39, 0.29) is 13.2 Å². The molecule has 0 aliphatic rings. The summed E-state index contributed by atoms with van der Waals surface area (Å²) in [4.78, 5) is 11.0. The average molecular weight is 223 g/mol. The van der Waals surface area contributed by atoms with Gasteiger partial charge in [0, 0.05) is 7.05 Å². The van der Waals surface area contributed by atoms with Crippen LogP contribution in [0.15, 0.2) is 0 Å². The molecule has 5 nitrogen and oxygen atoms in total. The number of sulfonamides is 1. The van der Waals surface area contributed by atoms with Gasteiger partial charge in [-0.15, -0.1) is 0 Å². The van der Waals surface area contributed by atoms with Crippen LogP contribution in [0.5, 0.6) is 0 Å². The Hall–Kier alpha value is -0.620. The van der Waals surface area contributed by atoms with Crippen LogP contribution in [0.2, 0.25) is 0 Å². The molecule has 0 heterocycles. The summed E-state index contributed by atoms with van der Waals surface area (Å²) in [6, 6.07) is 0. The minimum absolute atomic E-state index is 0.228. The van der Waals surface area contributed by atoms with Gasteiger partial charge < -0.3 is 4.74 Å². The first-order chi connectivity index (χ1) is 6.32. The molecule has 0 saturated carbocycles. The molecule has 0 radical (unpaired) electrons. The molecule has 0 aromatic carbocycles. The number of carbonyl (C=O) groups excluding carboxylic acids is 1. The van der Waals surface area contributed by atoms with Gasteiger partial charge in [-0.3, -0.25) is 4.79 Å². The van der Waals surface area contributed by atoms with Crippen LogP contribution in [0, 0.1) is 0 Å². The fourth-order valence-corrected chi connectivity index (χ4v) is 1.84. The lowest BCUT2D eigenvalue weighted by Crippen LogP contribution is -2.37. The Morgan fingerprint density at radius 1 is 1.43 bits per heavy atom. The van der Waals surface area contributed by atoms with E-state index < -0.39 is 21.2 Å². The first-order valence-corrected chi connectivity index (χ1v) is 5.93. The summed E-state index contributed by atoms with van der Waals surface area (Å²) in [5.41, 5.74) is 0. The van der Waals surface area contributed by atoms with Crippen LogP contribution in [0.1, 0.15) is 20.8 Å². The second-order valence-electron chi connectivity index (χ2n) is 3.15. The van der Waals surface area contributed by atoms with Gasteiger partial charge in [-0.1, -0.05) is 0 Å². The van der Waals surface area contributed by atoms with Gasteiger partial charge in [0.05, 0.1) is 11.9 Å². The van der Waals surface area contributed by atoms with E-state index in [0.717, 1.165) is 4.31 Å². The topological polar surface area (TPSA) is 63.7 Å². The van der Waals surface area contributed by atoms with Gasteiger partial charge >= 0.3 is 5.97 Å². The Balaban J connectivity index is 4.35. The summed E-state index contributed by atoms with van der Waals surface area (Å²) in [7, 11) is -1.99. The van der Waals surface area contributed by atoms with Crippen molar-refractivity contribution in [1.82, 2.24) is 4.31 Å². The van der Waals surface area contributed by atoms with E-state index >= 15 is 0 Å². The Morgan fingerprint density at radius 2 is 1.93 bits per heavy atom. The Morgan fingerprint density at radius 3 is 2.29 bits per heavy atom. The molecular formula is C8H17NO4S. The van der Waals surface area contributed by atoms with E-state index in [9.17, 15) is 13.2 Å². The van der Waals surface area contributed by atoms with Crippen molar-refractivity contribution in [2.24, 2.45) is 0 Å². The van der Waals surface area contributed by atoms with E-state index in [1.807, 2.05) is 0 Å². The molecule has 0 unspecified atom stereocenters. The van der Waals surface area contributed by atoms with Crippen molar-refractivity contribution in [2.45, 2.75) is 26.0 Å². The van der Waals surface area contributed by atoms with Crippen molar-refractivity contribution < 1.29 is 17.9 Å². The Bertz CT molecular complexity index is 284. The number of likely N-dealkylation sites (N-methyl/N-ethyl adjacent to an activating group) is 1. The predicted molar refractivity (Wildman–Crippen MR) is 53.3 cm³/mol. The maximum absolute atomic E-state index is 11.5. The molecule has 84 valence electrons. The first kappa shape index (κ1) is 13.4. The number of ether oxygens (including phenoxy) is 1. The number of rotatable bonds is 5. The number of esters is 1. The zero-order chi connectivity index (χ0) is 11.4. The molecule has 0 rings (SSSR count). The second-order valence-corrected chi connectivity index (χ2v) is 5.75. The lowest BCUT2D eigenvalue weighted by atomic mass is 10.6. The van der Waals surface area contributed by atoms with Crippen molar-refractivity contribution in [3.8, 4) is 0 Å². The maximum atomic E-state index is 11.5. The summed E-state index contributed by atoms with van der Waals surface area (Å²) in [5.74, 6) is -0.528. The van der Waals surface area contributed by atoms with Crippen LogP contribution in [-0.4, -0.2) is 44.1 Å². The molecule has 0 aliphatic carbocycles. The van der Waals surface area contributed by atoms with Crippen molar-refractivity contribution in [1.29, 1.82) is 0 Å². The fraction of sp³-hybridized carbons (Fsp3) is 0.875. The van der Waals surface area contributed by atoms with E-state index in [0.29, 0.717) is 0 Å². The Labute approximate surface area is 85.1 Å². The van der Waals surface area contributed by atoms with Crippen molar-refractivity contribution in [3.05, 3.63) is 0 Å². The quantitative estimate of drug-likeness (QED) is 0.625. The second kappa shape index (κ2) is 5.31. The SMILES string of the molecule is CCOC(=O)CN(C)S(=O)(=O)C(C)C. The minimum atomic E-state index is -3.36. The minimum Gasteiger partial charge on any atom is -0.465 e. The van der Waals surface area contributed by atoms with E-state index in [4.69, 9.17) is 0 Å². The maximum Gasteiger partial charge on any atom is 0.321 e. The van der Waals surface area contributed by atoms with Gasteiger partial charge in [0.1, 0.15) is 6.54 Å². The monoisotopic (exact) mass is 223 g/mol.